The van der Waals surface area contributed by atoms with Crippen LogP contribution in [0, 0.1) is 11.3 Å². The maximum atomic E-state index is 11.4. The van der Waals surface area contributed by atoms with Crippen molar-refractivity contribution >= 4 is 5.91 Å². The molecule has 6 heteroatoms. The summed E-state index contributed by atoms with van der Waals surface area (Å²) in [6, 6.07) is 3.43. The van der Waals surface area contributed by atoms with E-state index in [1.54, 1.807) is 0 Å². The summed E-state index contributed by atoms with van der Waals surface area (Å²) in [6.45, 7) is 0.584. The molecule has 0 atom stereocenters. The molecule has 80 valence electrons. The molecule has 0 radical (unpaired) electrons. The van der Waals surface area contributed by atoms with Crippen LogP contribution in [0.25, 0.3) is 0 Å². The molecule has 1 amide bonds. The Morgan fingerprint density at radius 1 is 1.80 bits per heavy atom. The van der Waals surface area contributed by atoms with Crippen molar-refractivity contribution in [3.8, 4) is 6.07 Å². The molecule has 1 N–H and O–H groups in total. The lowest BCUT2D eigenvalue weighted by Gasteiger charge is -1.96. The van der Waals surface area contributed by atoms with Crippen LogP contribution in [0.5, 0.6) is 0 Å². The Kier molecular flexibility index (Phi) is 4.31. The molecule has 0 fully saturated rings. The number of amides is 1. The van der Waals surface area contributed by atoms with Gasteiger partial charge in [0.1, 0.15) is 6.61 Å². The van der Waals surface area contributed by atoms with Gasteiger partial charge in [-0.1, -0.05) is 5.16 Å². The number of rotatable bonds is 5. The van der Waals surface area contributed by atoms with Gasteiger partial charge in [-0.15, -0.1) is 0 Å². The molecule has 15 heavy (non-hydrogen) atoms. The van der Waals surface area contributed by atoms with E-state index in [1.807, 2.05) is 6.07 Å². The molecule has 6 nitrogen and oxygen atoms in total. The first kappa shape index (κ1) is 11.2. The first-order valence-corrected chi connectivity index (χ1v) is 4.37. The lowest BCUT2D eigenvalue weighted by molar-refractivity contribution is 0.0944. The van der Waals surface area contributed by atoms with Gasteiger partial charge in [0.15, 0.2) is 11.5 Å². The number of carbonyl (C=O) groups is 1. The predicted octanol–water partition coefficient (Wildman–Crippen LogP) is 0.464. The zero-order valence-corrected chi connectivity index (χ0v) is 8.32. The van der Waals surface area contributed by atoms with Crippen LogP contribution in [0.3, 0.4) is 0 Å². The van der Waals surface area contributed by atoms with Crippen LogP contribution in [0.4, 0.5) is 0 Å². The molecule has 0 aliphatic heterocycles. The third-order valence-electron chi connectivity index (χ3n) is 1.60. The Balaban J connectivity index is 2.47. The smallest absolute Gasteiger partial charge is 0.273 e. The molecule has 0 spiro atoms. The fraction of sp³-hybridized carbons (Fsp3) is 0.444. The van der Waals surface area contributed by atoms with Crippen LogP contribution >= 0.6 is 0 Å². The zero-order chi connectivity index (χ0) is 11.1. The minimum atomic E-state index is -0.351. The van der Waals surface area contributed by atoms with Gasteiger partial charge in [-0.25, -0.2) is 0 Å². The van der Waals surface area contributed by atoms with E-state index < -0.39 is 0 Å². The predicted molar refractivity (Wildman–Crippen MR) is 49.8 cm³/mol. The fourth-order valence-electron chi connectivity index (χ4n) is 0.953. The van der Waals surface area contributed by atoms with Gasteiger partial charge >= 0.3 is 0 Å². The number of methoxy groups -OCH3 is 1. The number of nitriles is 1. The number of ether oxygens (including phenoxy) is 1. The van der Waals surface area contributed by atoms with Crippen LogP contribution in [0.2, 0.25) is 0 Å². The number of nitrogens with one attached hydrogen (secondary N) is 1. The molecule has 0 saturated carbocycles. The second kappa shape index (κ2) is 5.78. The Hall–Kier alpha value is -1.87. The topological polar surface area (TPSA) is 88.1 Å². The maximum Gasteiger partial charge on any atom is 0.273 e. The summed E-state index contributed by atoms with van der Waals surface area (Å²) in [5, 5.41) is 14.4. The fourth-order valence-corrected chi connectivity index (χ4v) is 0.953. The number of hydrogen-bond acceptors (Lipinski definition) is 5. The summed E-state index contributed by atoms with van der Waals surface area (Å²) < 4.78 is 9.64. The monoisotopic (exact) mass is 209 g/mol. The van der Waals surface area contributed by atoms with E-state index in [0.717, 1.165) is 0 Å². The van der Waals surface area contributed by atoms with E-state index in [-0.39, 0.29) is 24.6 Å². The van der Waals surface area contributed by atoms with Crippen LogP contribution in [-0.2, 0) is 11.3 Å². The highest BCUT2D eigenvalue weighted by molar-refractivity contribution is 5.92. The van der Waals surface area contributed by atoms with Crippen LogP contribution in [0.1, 0.15) is 22.7 Å². The van der Waals surface area contributed by atoms with Gasteiger partial charge in [0, 0.05) is 19.7 Å². The third-order valence-corrected chi connectivity index (χ3v) is 1.60. The van der Waals surface area contributed by atoms with Crippen molar-refractivity contribution in [3.05, 3.63) is 17.5 Å². The van der Waals surface area contributed by atoms with E-state index in [4.69, 9.17) is 14.5 Å². The molecular formula is C9H11N3O3. The summed E-state index contributed by atoms with van der Waals surface area (Å²) in [7, 11) is 1.52. The molecule has 0 aliphatic rings. The molecule has 1 aromatic heterocycles. The van der Waals surface area contributed by atoms with Crippen molar-refractivity contribution in [1.29, 1.82) is 5.26 Å². The summed E-state index contributed by atoms with van der Waals surface area (Å²) in [5.74, 6) is 0.138. The largest absolute Gasteiger partial charge is 0.377 e. The van der Waals surface area contributed by atoms with Gasteiger partial charge < -0.3 is 14.6 Å². The van der Waals surface area contributed by atoms with Crippen LogP contribution in [-0.4, -0.2) is 24.7 Å². The highest BCUT2D eigenvalue weighted by atomic mass is 16.5. The molecule has 0 aromatic carbocycles. The lowest BCUT2D eigenvalue weighted by Crippen LogP contribution is -2.24. The first-order valence-electron chi connectivity index (χ1n) is 4.37. The normalized spacial score (nSPS) is 9.60. The number of hydrogen-bond donors (Lipinski definition) is 1. The van der Waals surface area contributed by atoms with Gasteiger partial charge in [0.05, 0.1) is 12.5 Å². The number of nitrogens with zero attached hydrogens (tertiary/aromatic N) is 2. The Morgan fingerprint density at radius 2 is 2.60 bits per heavy atom. The van der Waals surface area contributed by atoms with E-state index in [1.165, 1.54) is 13.2 Å². The van der Waals surface area contributed by atoms with Crippen molar-refractivity contribution in [2.45, 2.75) is 13.0 Å². The third kappa shape index (κ3) is 3.40. The van der Waals surface area contributed by atoms with Crippen molar-refractivity contribution < 1.29 is 14.1 Å². The number of carbonyl (C=O) groups excluding carboxylic acids is 1. The SMILES string of the molecule is COCc1cc(C(=O)NCCC#N)no1. The molecular weight excluding hydrogens is 198 g/mol. The molecule has 0 aliphatic carbocycles. The van der Waals surface area contributed by atoms with Crippen molar-refractivity contribution in [3.63, 3.8) is 0 Å². The van der Waals surface area contributed by atoms with E-state index >= 15 is 0 Å². The Morgan fingerprint density at radius 3 is 3.27 bits per heavy atom. The summed E-state index contributed by atoms with van der Waals surface area (Å²) in [4.78, 5) is 11.4. The summed E-state index contributed by atoms with van der Waals surface area (Å²) in [6.07, 6.45) is 0.272. The lowest BCUT2D eigenvalue weighted by atomic mass is 10.3. The van der Waals surface area contributed by atoms with E-state index in [0.29, 0.717) is 12.3 Å². The maximum absolute atomic E-state index is 11.4. The average Bonchev–Trinajstić information content (AvgIpc) is 2.67. The van der Waals surface area contributed by atoms with Crippen molar-refractivity contribution in [2.75, 3.05) is 13.7 Å². The van der Waals surface area contributed by atoms with Gasteiger partial charge in [-0.3, -0.25) is 4.79 Å². The van der Waals surface area contributed by atoms with Gasteiger partial charge in [0.2, 0.25) is 0 Å². The Labute approximate surface area is 86.8 Å². The van der Waals surface area contributed by atoms with Crippen molar-refractivity contribution in [1.82, 2.24) is 10.5 Å². The second-order valence-electron chi connectivity index (χ2n) is 2.78. The van der Waals surface area contributed by atoms with Gasteiger partial charge in [0.25, 0.3) is 5.91 Å². The first-order chi connectivity index (χ1) is 7.27. The molecule has 1 rings (SSSR count). The quantitative estimate of drug-likeness (QED) is 0.712. The van der Waals surface area contributed by atoms with Crippen LogP contribution < -0.4 is 5.32 Å². The molecule has 1 heterocycles. The number of aromatic nitrogens is 1. The minimum absolute atomic E-state index is 0.194. The summed E-state index contributed by atoms with van der Waals surface area (Å²) in [5.41, 5.74) is 0.194. The van der Waals surface area contributed by atoms with Gasteiger partial charge in [-0.05, 0) is 0 Å². The molecule has 0 unspecified atom stereocenters. The minimum Gasteiger partial charge on any atom is -0.377 e. The Bertz CT molecular complexity index is 367. The summed E-state index contributed by atoms with van der Waals surface area (Å²) >= 11 is 0. The highest BCUT2D eigenvalue weighted by Gasteiger charge is 2.11. The van der Waals surface area contributed by atoms with Gasteiger partial charge in [-0.2, -0.15) is 5.26 Å². The van der Waals surface area contributed by atoms with E-state index in [9.17, 15) is 4.79 Å². The molecule has 0 bridgehead atoms. The standard InChI is InChI=1S/C9H11N3O3/c1-14-6-7-5-8(12-15-7)9(13)11-4-2-3-10/h5H,2,4,6H2,1H3,(H,11,13). The second-order valence-corrected chi connectivity index (χ2v) is 2.78. The van der Waals surface area contributed by atoms with E-state index in [2.05, 4.69) is 10.5 Å². The zero-order valence-electron chi connectivity index (χ0n) is 8.32. The van der Waals surface area contributed by atoms with Crippen LogP contribution in [0.15, 0.2) is 10.6 Å². The van der Waals surface area contributed by atoms with Crippen molar-refractivity contribution in [2.24, 2.45) is 0 Å². The average molecular weight is 209 g/mol. The highest BCUT2D eigenvalue weighted by Crippen LogP contribution is 2.04. The molecule has 0 saturated heterocycles. The molecule has 1 aromatic rings.